The molecule has 2 aromatic rings. The Balaban J connectivity index is 1.86. The highest BCUT2D eigenvalue weighted by molar-refractivity contribution is 5.94. The van der Waals surface area contributed by atoms with Crippen molar-refractivity contribution in [2.75, 3.05) is 13.2 Å². The number of benzene rings is 2. The predicted molar refractivity (Wildman–Crippen MR) is 73.0 cm³/mol. The topological polar surface area (TPSA) is 29.5 Å². The van der Waals surface area contributed by atoms with Crippen LogP contribution < -0.4 is 4.74 Å². The summed E-state index contributed by atoms with van der Waals surface area (Å²) in [4.78, 5) is 14.0. The van der Waals surface area contributed by atoms with Crippen LogP contribution in [0.4, 0.5) is 8.78 Å². The Labute approximate surface area is 120 Å². The number of rotatable bonds is 1. The highest BCUT2D eigenvalue weighted by atomic mass is 19.2. The summed E-state index contributed by atoms with van der Waals surface area (Å²) >= 11 is 0. The van der Waals surface area contributed by atoms with Gasteiger partial charge >= 0.3 is 0 Å². The predicted octanol–water partition coefficient (Wildman–Crippen LogP) is 3.00. The molecule has 3 nitrogen and oxygen atoms in total. The number of carbonyl (C=O) groups is 1. The normalized spacial score (nSPS) is 14.1. The Morgan fingerprint density at radius 2 is 1.90 bits per heavy atom. The maximum atomic E-state index is 13.3. The van der Waals surface area contributed by atoms with E-state index in [1.54, 1.807) is 4.90 Å². The van der Waals surface area contributed by atoms with Gasteiger partial charge in [0, 0.05) is 17.7 Å². The first-order chi connectivity index (χ1) is 10.1. The summed E-state index contributed by atoms with van der Waals surface area (Å²) in [5, 5.41) is 0. The van der Waals surface area contributed by atoms with Crippen LogP contribution in [0.5, 0.6) is 5.75 Å². The van der Waals surface area contributed by atoms with E-state index in [-0.39, 0.29) is 11.5 Å². The van der Waals surface area contributed by atoms with Crippen molar-refractivity contribution in [3.63, 3.8) is 0 Å². The molecule has 1 aliphatic rings. The lowest BCUT2D eigenvalue weighted by atomic mass is 10.1. The molecule has 0 aliphatic carbocycles. The number of ether oxygens (including phenoxy) is 1. The lowest BCUT2D eigenvalue weighted by Gasteiger charge is -2.20. The first-order valence-corrected chi connectivity index (χ1v) is 6.60. The molecule has 1 aliphatic heterocycles. The lowest BCUT2D eigenvalue weighted by Crippen LogP contribution is -2.32. The molecule has 0 aromatic heterocycles. The fourth-order valence-corrected chi connectivity index (χ4v) is 2.31. The summed E-state index contributed by atoms with van der Waals surface area (Å²) in [5.74, 6) is -1.57. The molecular weight excluding hydrogens is 276 g/mol. The highest BCUT2D eigenvalue weighted by Crippen LogP contribution is 2.23. The molecule has 0 spiro atoms. The molecule has 0 N–H and O–H groups in total. The molecule has 5 heteroatoms. The van der Waals surface area contributed by atoms with Gasteiger partial charge in [-0.05, 0) is 24.3 Å². The van der Waals surface area contributed by atoms with Crippen molar-refractivity contribution < 1.29 is 18.3 Å². The van der Waals surface area contributed by atoms with Crippen LogP contribution in [0.1, 0.15) is 15.9 Å². The second-order valence-electron chi connectivity index (χ2n) is 4.81. The Morgan fingerprint density at radius 1 is 1.10 bits per heavy atom. The van der Waals surface area contributed by atoms with Crippen LogP contribution in [0.25, 0.3) is 0 Å². The first kappa shape index (κ1) is 13.5. The lowest BCUT2D eigenvalue weighted by molar-refractivity contribution is 0.0732. The van der Waals surface area contributed by atoms with E-state index in [0.717, 1.165) is 23.4 Å². The first-order valence-electron chi connectivity index (χ1n) is 6.60. The van der Waals surface area contributed by atoms with Gasteiger partial charge in [0.1, 0.15) is 12.4 Å². The van der Waals surface area contributed by atoms with Crippen molar-refractivity contribution in [1.82, 2.24) is 4.90 Å². The van der Waals surface area contributed by atoms with Crippen LogP contribution in [-0.4, -0.2) is 24.0 Å². The van der Waals surface area contributed by atoms with Crippen molar-refractivity contribution in [2.24, 2.45) is 0 Å². The Morgan fingerprint density at radius 3 is 2.71 bits per heavy atom. The van der Waals surface area contributed by atoms with Crippen molar-refractivity contribution in [3.05, 3.63) is 65.2 Å². The van der Waals surface area contributed by atoms with Gasteiger partial charge in [0.25, 0.3) is 5.91 Å². The van der Waals surface area contributed by atoms with E-state index < -0.39 is 11.6 Å². The van der Waals surface area contributed by atoms with Crippen LogP contribution in [0, 0.1) is 11.6 Å². The van der Waals surface area contributed by atoms with Gasteiger partial charge in [0.2, 0.25) is 0 Å². The SMILES string of the molecule is O=C(c1ccc(F)c(F)c1)N1CCOc2ccccc2C1. The summed E-state index contributed by atoms with van der Waals surface area (Å²) in [6, 6.07) is 10.6. The zero-order valence-electron chi connectivity index (χ0n) is 11.2. The van der Waals surface area contributed by atoms with E-state index in [1.165, 1.54) is 6.07 Å². The molecule has 0 bridgehead atoms. The average Bonchev–Trinajstić information content (AvgIpc) is 2.71. The molecule has 2 aromatic carbocycles. The molecular formula is C16H13F2NO2. The number of amides is 1. The molecule has 21 heavy (non-hydrogen) atoms. The van der Waals surface area contributed by atoms with Crippen LogP contribution in [0.2, 0.25) is 0 Å². The molecule has 0 saturated heterocycles. The summed E-state index contributed by atoms with van der Waals surface area (Å²) in [6.45, 7) is 1.15. The zero-order valence-corrected chi connectivity index (χ0v) is 11.2. The van der Waals surface area contributed by atoms with E-state index in [4.69, 9.17) is 4.74 Å². The molecule has 1 amide bonds. The van der Waals surface area contributed by atoms with Gasteiger partial charge in [-0.3, -0.25) is 4.79 Å². The van der Waals surface area contributed by atoms with Crippen LogP contribution >= 0.6 is 0 Å². The third-order valence-electron chi connectivity index (χ3n) is 3.41. The minimum Gasteiger partial charge on any atom is -0.491 e. The minimum atomic E-state index is -1.02. The largest absolute Gasteiger partial charge is 0.491 e. The van der Waals surface area contributed by atoms with E-state index in [1.807, 2.05) is 24.3 Å². The molecule has 1 heterocycles. The summed E-state index contributed by atoms with van der Waals surface area (Å²) in [7, 11) is 0. The maximum Gasteiger partial charge on any atom is 0.254 e. The Kier molecular flexibility index (Phi) is 3.56. The van der Waals surface area contributed by atoms with E-state index in [2.05, 4.69) is 0 Å². The van der Waals surface area contributed by atoms with Crippen molar-refractivity contribution in [1.29, 1.82) is 0 Å². The quantitative estimate of drug-likeness (QED) is 0.807. The number of halogens is 2. The molecule has 108 valence electrons. The summed E-state index contributed by atoms with van der Waals surface area (Å²) in [6.07, 6.45) is 0. The molecule has 0 unspecified atom stereocenters. The Bertz CT molecular complexity index is 688. The Hall–Kier alpha value is -2.43. The van der Waals surface area contributed by atoms with Gasteiger partial charge < -0.3 is 9.64 Å². The van der Waals surface area contributed by atoms with Gasteiger partial charge in [-0.2, -0.15) is 0 Å². The fourth-order valence-electron chi connectivity index (χ4n) is 2.31. The second kappa shape index (κ2) is 5.52. The average molecular weight is 289 g/mol. The number of para-hydroxylation sites is 1. The molecule has 0 radical (unpaired) electrons. The van der Waals surface area contributed by atoms with Gasteiger partial charge in [-0.25, -0.2) is 8.78 Å². The van der Waals surface area contributed by atoms with Gasteiger partial charge in [0.05, 0.1) is 6.54 Å². The smallest absolute Gasteiger partial charge is 0.254 e. The number of hydrogen-bond acceptors (Lipinski definition) is 2. The number of hydrogen-bond donors (Lipinski definition) is 0. The third-order valence-corrected chi connectivity index (χ3v) is 3.41. The monoisotopic (exact) mass is 289 g/mol. The number of fused-ring (bicyclic) bond motifs is 1. The molecule has 3 rings (SSSR count). The fraction of sp³-hybridized carbons (Fsp3) is 0.188. The van der Waals surface area contributed by atoms with Gasteiger partial charge in [0.15, 0.2) is 11.6 Å². The molecule has 0 atom stereocenters. The van der Waals surface area contributed by atoms with E-state index in [9.17, 15) is 13.6 Å². The van der Waals surface area contributed by atoms with Crippen molar-refractivity contribution in [3.8, 4) is 5.75 Å². The summed E-state index contributed by atoms with van der Waals surface area (Å²) in [5.41, 5.74) is 1.03. The number of nitrogens with zero attached hydrogens (tertiary/aromatic N) is 1. The third kappa shape index (κ3) is 2.72. The van der Waals surface area contributed by atoms with Crippen LogP contribution in [-0.2, 0) is 6.54 Å². The zero-order chi connectivity index (χ0) is 14.8. The van der Waals surface area contributed by atoms with Gasteiger partial charge in [-0.1, -0.05) is 18.2 Å². The minimum absolute atomic E-state index is 0.133. The highest BCUT2D eigenvalue weighted by Gasteiger charge is 2.21. The van der Waals surface area contributed by atoms with E-state index in [0.29, 0.717) is 19.7 Å². The van der Waals surface area contributed by atoms with E-state index >= 15 is 0 Å². The standard InChI is InChI=1S/C16H13F2NO2/c17-13-6-5-11(9-14(13)18)16(20)19-7-8-21-15-4-2-1-3-12(15)10-19/h1-6,9H,7-8,10H2. The second-order valence-corrected chi connectivity index (χ2v) is 4.81. The van der Waals surface area contributed by atoms with Crippen molar-refractivity contribution in [2.45, 2.75) is 6.54 Å². The molecule has 0 fully saturated rings. The van der Waals surface area contributed by atoms with Gasteiger partial charge in [-0.15, -0.1) is 0 Å². The maximum absolute atomic E-state index is 13.3. The number of carbonyl (C=O) groups excluding carboxylic acids is 1. The van der Waals surface area contributed by atoms with Crippen molar-refractivity contribution >= 4 is 5.91 Å². The molecule has 0 saturated carbocycles. The van der Waals surface area contributed by atoms with Crippen LogP contribution in [0.3, 0.4) is 0 Å². The van der Waals surface area contributed by atoms with Crippen LogP contribution in [0.15, 0.2) is 42.5 Å². The summed E-state index contributed by atoms with van der Waals surface area (Å²) < 4.78 is 31.8.